The summed E-state index contributed by atoms with van der Waals surface area (Å²) < 4.78 is 26.3. The van der Waals surface area contributed by atoms with Gasteiger partial charge in [-0.2, -0.15) is 16.5 Å². The Morgan fingerprint density at radius 1 is 1.61 bits per heavy atom. The minimum absolute atomic E-state index is 0.0166. The average Bonchev–Trinajstić information content (AvgIpc) is 2.71. The largest absolute Gasteiger partial charge is 0.480 e. The van der Waals surface area contributed by atoms with E-state index >= 15 is 0 Å². The second-order valence-electron chi connectivity index (χ2n) is 3.35. The van der Waals surface area contributed by atoms with Crippen LogP contribution in [0.15, 0.2) is 16.3 Å². The molecule has 0 aliphatic rings. The zero-order valence-electron chi connectivity index (χ0n) is 9.42. The zero-order chi connectivity index (χ0) is 13.8. The molecule has 102 valence electrons. The van der Waals surface area contributed by atoms with Crippen LogP contribution in [0.2, 0.25) is 4.34 Å². The van der Waals surface area contributed by atoms with Crippen molar-refractivity contribution >= 4 is 50.7 Å². The Hall–Kier alpha value is -0.280. The molecular weight excluding hydrogens is 318 g/mol. The summed E-state index contributed by atoms with van der Waals surface area (Å²) in [6.07, 6.45) is 2.06. The number of aliphatic carboxylic acids is 1. The third kappa shape index (κ3) is 4.43. The zero-order valence-corrected chi connectivity index (χ0v) is 12.6. The molecule has 0 saturated carbocycles. The molecular formula is C9H12ClNO4S3. The predicted octanol–water partition coefficient (Wildman–Crippen LogP) is 1.89. The van der Waals surface area contributed by atoms with Gasteiger partial charge in [-0.3, -0.25) is 4.79 Å². The molecule has 0 aromatic carbocycles. The first kappa shape index (κ1) is 15.8. The van der Waals surface area contributed by atoms with Crippen LogP contribution in [0, 0.1) is 0 Å². The highest BCUT2D eigenvalue weighted by Crippen LogP contribution is 2.25. The first-order valence-electron chi connectivity index (χ1n) is 4.86. The number of thioether (sulfide) groups is 1. The summed E-state index contributed by atoms with van der Waals surface area (Å²) in [6, 6.07) is 1.68. The van der Waals surface area contributed by atoms with E-state index in [1.807, 2.05) is 6.26 Å². The number of rotatable bonds is 7. The number of sulfonamides is 1. The van der Waals surface area contributed by atoms with Gasteiger partial charge in [-0.05, 0) is 30.6 Å². The van der Waals surface area contributed by atoms with Crippen LogP contribution in [0.5, 0.6) is 0 Å². The molecule has 0 fully saturated rings. The quantitative estimate of drug-likeness (QED) is 0.798. The summed E-state index contributed by atoms with van der Waals surface area (Å²) >= 11 is 8.00. The van der Waals surface area contributed by atoms with Crippen molar-refractivity contribution in [2.24, 2.45) is 0 Å². The van der Waals surface area contributed by atoms with Gasteiger partial charge >= 0.3 is 5.97 Å². The minimum Gasteiger partial charge on any atom is -0.480 e. The van der Waals surface area contributed by atoms with Crippen LogP contribution in [-0.4, -0.2) is 37.5 Å². The Balaban J connectivity index is 2.82. The standard InChI is InChI=1S/C9H12ClNO4S3/c1-16-5-4-6(9(12)13)11-18(14,15)8-3-2-7(10)17-8/h2-3,6,11H,4-5H2,1H3,(H,12,13)/t6-/m0/s1. The van der Waals surface area contributed by atoms with Crippen LogP contribution in [-0.2, 0) is 14.8 Å². The Morgan fingerprint density at radius 3 is 2.72 bits per heavy atom. The summed E-state index contributed by atoms with van der Waals surface area (Å²) in [5, 5.41) is 8.96. The molecule has 9 heteroatoms. The van der Waals surface area contributed by atoms with Crippen molar-refractivity contribution in [2.45, 2.75) is 16.7 Å². The fourth-order valence-electron chi connectivity index (χ4n) is 1.16. The number of hydrogen-bond donors (Lipinski definition) is 2. The molecule has 2 N–H and O–H groups in total. The van der Waals surface area contributed by atoms with Crippen molar-refractivity contribution in [2.75, 3.05) is 12.0 Å². The summed E-state index contributed by atoms with van der Waals surface area (Å²) in [4.78, 5) is 11.0. The lowest BCUT2D eigenvalue weighted by molar-refractivity contribution is -0.139. The summed E-state index contributed by atoms with van der Waals surface area (Å²) in [5.74, 6) is -0.625. The molecule has 0 spiro atoms. The lowest BCUT2D eigenvalue weighted by atomic mass is 10.2. The van der Waals surface area contributed by atoms with Gasteiger partial charge in [0, 0.05) is 0 Å². The fourth-order valence-corrected chi connectivity index (χ4v) is 4.35. The molecule has 0 amide bonds. The minimum atomic E-state index is -3.82. The number of halogens is 1. The first-order valence-corrected chi connectivity index (χ1v) is 8.93. The van der Waals surface area contributed by atoms with Gasteiger partial charge in [0.25, 0.3) is 10.0 Å². The van der Waals surface area contributed by atoms with Gasteiger partial charge in [0.15, 0.2) is 0 Å². The summed E-state index contributed by atoms with van der Waals surface area (Å²) in [5.41, 5.74) is 0. The van der Waals surface area contributed by atoms with E-state index in [9.17, 15) is 13.2 Å². The third-order valence-electron chi connectivity index (χ3n) is 2.02. The van der Waals surface area contributed by atoms with E-state index in [1.54, 1.807) is 0 Å². The average molecular weight is 330 g/mol. The molecule has 1 rings (SSSR count). The fraction of sp³-hybridized carbons (Fsp3) is 0.444. The number of thiophene rings is 1. The number of carbonyl (C=O) groups is 1. The molecule has 0 radical (unpaired) electrons. The number of carboxylic acids is 1. The van der Waals surface area contributed by atoms with Crippen LogP contribution in [0.4, 0.5) is 0 Å². The van der Waals surface area contributed by atoms with E-state index in [4.69, 9.17) is 16.7 Å². The maximum atomic E-state index is 11.9. The van der Waals surface area contributed by atoms with Crippen molar-refractivity contribution in [3.63, 3.8) is 0 Å². The van der Waals surface area contributed by atoms with Crippen LogP contribution >= 0.6 is 34.7 Å². The van der Waals surface area contributed by atoms with Crippen LogP contribution in [0.1, 0.15) is 6.42 Å². The van der Waals surface area contributed by atoms with Crippen LogP contribution in [0.3, 0.4) is 0 Å². The van der Waals surface area contributed by atoms with Crippen LogP contribution in [0.25, 0.3) is 0 Å². The van der Waals surface area contributed by atoms with Gasteiger partial charge in [-0.1, -0.05) is 11.6 Å². The second-order valence-corrected chi connectivity index (χ2v) is 7.99. The first-order chi connectivity index (χ1) is 8.36. The van der Waals surface area contributed by atoms with E-state index in [-0.39, 0.29) is 10.6 Å². The highest BCUT2D eigenvalue weighted by Gasteiger charge is 2.25. The molecule has 18 heavy (non-hydrogen) atoms. The second kappa shape index (κ2) is 6.76. The SMILES string of the molecule is CSCC[C@H](NS(=O)(=O)c1ccc(Cl)s1)C(=O)O. The predicted molar refractivity (Wildman–Crippen MR) is 74.1 cm³/mol. The molecule has 5 nitrogen and oxygen atoms in total. The third-order valence-corrected chi connectivity index (χ3v) is 5.86. The lowest BCUT2D eigenvalue weighted by Gasteiger charge is -2.13. The van der Waals surface area contributed by atoms with E-state index in [0.29, 0.717) is 10.1 Å². The van der Waals surface area contributed by atoms with E-state index in [0.717, 1.165) is 11.3 Å². The monoisotopic (exact) mass is 329 g/mol. The van der Waals surface area contributed by atoms with E-state index in [2.05, 4.69) is 4.72 Å². The molecule has 1 heterocycles. The van der Waals surface area contributed by atoms with Gasteiger partial charge < -0.3 is 5.11 Å². The van der Waals surface area contributed by atoms with Crippen LogP contribution < -0.4 is 4.72 Å². The maximum absolute atomic E-state index is 11.9. The number of carboxylic acid groups (broad SMARTS) is 1. The Morgan fingerprint density at radius 2 is 2.28 bits per heavy atom. The topological polar surface area (TPSA) is 83.5 Å². The Bertz CT molecular complexity index is 514. The molecule has 1 aromatic rings. The highest BCUT2D eigenvalue weighted by atomic mass is 35.5. The molecule has 0 aliphatic heterocycles. The molecule has 1 atom stereocenters. The van der Waals surface area contributed by atoms with Crippen molar-refractivity contribution in [1.29, 1.82) is 0 Å². The Kier molecular flexibility index (Phi) is 5.93. The normalized spacial score (nSPS) is 13.4. The van der Waals surface area contributed by atoms with Gasteiger partial charge in [0.05, 0.1) is 4.34 Å². The van der Waals surface area contributed by atoms with Crippen molar-refractivity contribution in [1.82, 2.24) is 4.72 Å². The number of nitrogens with one attached hydrogen (secondary N) is 1. The van der Waals surface area contributed by atoms with E-state index in [1.165, 1.54) is 23.9 Å². The van der Waals surface area contributed by atoms with Crippen molar-refractivity contribution < 1.29 is 18.3 Å². The van der Waals surface area contributed by atoms with Gasteiger partial charge in [0.2, 0.25) is 0 Å². The van der Waals surface area contributed by atoms with Gasteiger partial charge in [0.1, 0.15) is 10.3 Å². The summed E-state index contributed by atoms with van der Waals surface area (Å²) in [6.45, 7) is 0. The van der Waals surface area contributed by atoms with Crippen molar-refractivity contribution in [3.05, 3.63) is 16.5 Å². The van der Waals surface area contributed by atoms with Gasteiger partial charge in [-0.15, -0.1) is 11.3 Å². The van der Waals surface area contributed by atoms with Crippen molar-refractivity contribution in [3.8, 4) is 0 Å². The smallest absolute Gasteiger partial charge is 0.321 e. The summed E-state index contributed by atoms with van der Waals surface area (Å²) in [7, 11) is -3.82. The Labute approximate surface area is 119 Å². The molecule has 1 aromatic heterocycles. The number of hydrogen-bond acceptors (Lipinski definition) is 5. The molecule has 0 aliphatic carbocycles. The molecule has 0 bridgehead atoms. The molecule has 0 unspecified atom stereocenters. The van der Waals surface area contributed by atoms with Gasteiger partial charge in [-0.25, -0.2) is 8.42 Å². The highest BCUT2D eigenvalue weighted by molar-refractivity contribution is 7.98. The molecule has 0 saturated heterocycles. The lowest BCUT2D eigenvalue weighted by Crippen LogP contribution is -2.40. The van der Waals surface area contributed by atoms with E-state index < -0.39 is 22.0 Å². The maximum Gasteiger partial charge on any atom is 0.321 e.